The molecule has 120 valence electrons. The van der Waals surface area contributed by atoms with Gasteiger partial charge in [0, 0.05) is 29.6 Å². The van der Waals surface area contributed by atoms with E-state index in [1.54, 1.807) is 23.1 Å². The van der Waals surface area contributed by atoms with E-state index in [-0.39, 0.29) is 24.0 Å². The number of anilines is 1. The quantitative estimate of drug-likeness (QED) is 0.219. The van der Waals surface area contributed by atoms with Crippen LogP contribution < -0.4 is 11.1 Å². The molecule has 0 spiro atoms. The number of halogens is 1. The zero-order valence-electron chi connectivity index (χ0n) is 12.5. The number of benzene rings is 1. The van der Waals surface area contributed by atoms with Gasteiger partial charge >= 0.3 is 0 Å². The smallest absolute Gasteiger partial charge is 0.193 e. The minimum Gasteiger partial charge on any atom is -0.370 e. The fraction of sp³-hybridized carbons (Fsp3) is 0.333. The van der Waals surface area contributed by atoms with Crippen LogP contribution in [0.2, 0.25) is 0 Å². The lowest BCUT2D eigenvalue weighted by Crippen LogP contribution is -2.23. The molecule has 7 heteroatoms. The van der Waals surface area contributed by atoms with Crippen LogP contribution in [0.5, 0.6) is 0 Å². The van der Waals surface area contributed by atoms with E-state index in [2.05, 4.69) is 34.3 Å². The molecule has 0 aliphatic carbocycles. The molecule has 22 heavy (non-hydrogen) atoms. The van der Waals surface area contributed by atoms with Crippen LogP contribution in [0.4, 0.5) is 5.69 Å². The first-order valence-corrected chi connectivity index (χ1v) is 8.82. The van der Waals surface area contributed by atoms with E-state index in [4.69, 9.17) is 5.73 Å². The van der Waals surface area contributed by atoms with Gasteiger partial charge in [-0.1, -0.05) is 30.8 Å². The number of hydrogen-bond donors (Lipinski definition) is 2. The van der Waals surface area contributed by atoms with Crippen LogP contribution in [0.25, 0.3) is 0 Å². The van der Waals surface area contributed by atoms with Gasteiger partial charge in [-0.25, -0.2) is 4.98 Å². The third-order valence-corrected chi connectivity index (χ3v) is 4.88. The normalized spacial score (nSPS) is 11.0. The monoisotopic (exact) mass is 448 g/mol. The topological polar surface area (TPSA) is 63.3 Å². The van der Waals surface area contributed by atoms with Crippen molar-refractivity contribution in [1.82, 2.24) is 4.98 Å². The molecule has 2 rings (SSSR count). The van der Waals surface area contributed by atoms with Crippen LogP contribution in [-0.4, -0.2) is 23.2 Å². The summed E-state index contributed by atoms with van der Waals surface area (Å²) in [4.78, 5) is 8.58. The van der Waals surface area contributed by atoms with E-state index in [0.717, 1.165) is 35.2 Å². The van der Waals surface area contributed by atoms with Crippen LogP contribution in [0.15, 0.2) is 45.2 Å². The second-order valence-corrected chi connectivity index (χ2v) is 6.68. The van der Waals surface area contributed by atoms with Gasteiger partial charge in [-0.2, -0.15) is 0 Å². The van der Waals surface area contributed by atoms with E-state index in [9.17, 15) is 0 Å². The summed E-state index contributed by atoms with van der Waals surface area (Å²) < 4.78 is 1.11. The summed E-state index contributed by atoms with van der Waals surface area (Å²) in [6, 6.07) is 8.23. The van der Waals surface area contributed by atoms with Gasteiger partial charge in [-0.05, 0) is 30.5 Å². The summed E-state index contributed by atoms with van der Waals surface area (Å²) in [5, 5.41) is 5.12. The van der Waals surface area contributed by atoms with Gasteiger partial charge in [0.25, 0.3) is 0 Å². The standard InChI is InChI=1S/C15H20N4S2.HI/c1-2-12-5-3-6-13(11-12)19-14(16)17-7-4-9-20-15-18-8-10-21-15;/h3,5-6,8,10-11H,2,4,7,9H2,1H3,(H3,16,17,19);1H. The number of nitrogens with zero attached hydrogens (tertiary/aromatic N) is 2. The molecule has 1 heterocycles. The number of thiazole rings is 1. The van der Waals surface area contributed by atoms with Crippen LogP contribution in [0.1, 0.15) is 18.9 Å². The predicted octanol–water partition coefficient (Wildman–Crippen LogP) is 4.23. The van der Waals surface area contributed by atoms with Gasteiger partial charge in [0.15, 0.2) is 5.96 Å². The largest absolute Gasteiger partial charge is 0.370 e. The van der Waals surface area contributed by atoms with E-state index in [1.807, 2.05) is 23.7 Å². The number of aliphatic imine (C=N–C) groups is 1. The Hall–Kier alpha value is -0.800. The van der Waals surface area contributed by atoms with E-state index < -0.39 is 0 Å². The average Bonchev–Trinajstić information content (AvgIpc) is 3.00. The molecule has 0 aliphatic heterocycles. The van der Waals surface area contributed by atoms with Crippen molar-refractivity contribution in [1.29, 1.82) is 0 Å². The zero-order valence-corrected chi connectivity index (χ0v) is 16.5. The lowest BCUT2D eigenvalue weighted by Gasteiger charge is -2.07. The van der Waals surface area contributed by atoms with Crippen molar-refractivity contribution in [2.75, 3.05) is 17.6 Å². The van der Waals surface area contributed by atoms with Gasteiger partial charge < -0.3 is 11.1 Å². The highest BCUT2D eigenvalue weighted by molar-refractivity contribution is 14.0. The van der Waals surface area contributed by atoms with Crippen LogP contribution in [0, 0.1) is 0 Å². The summed E-state index contributed by atoms with van der Waals surface area (Å²) in [6.07, 6.45) is 3.83. The first kappa shape index (κ1) is 19.2. The van der Waals surface area contributed by atoms with Crippen LogP contribution in [-0.2, 0) is 6.42 Å². The summed E-state index contributed by atoms with van der Waals surface area (Å²) in [7, 11) is 0. The number of thioether (sulfide) groups is 1. The number of aromatic nitrogens is 1. The molecule has 0 bridgehead atoms. The van der Waals surface area contributed by atoms with E-state index in [0.29, 0.717) is 5.96 Å². The van der Waals surface area contributed by atoms with Crippen molar-refractivity contribution in [3.05, 3.63) is 41.4 Å². The molecule has 0 atom stereocenters. The van der Waals surface area contributed by atoms with Crippen molar-refractivity contribution in [3.63, 3.8) is 0 Å². The Balaban J connectivity index is 0.00000242. The highest BCUT2D eigenvalue weighted by Crippen LogP contribution is 2.20. The molecule has 0 saturated heterocycles. The maximum atomic E-state index is 5.90. The number of nitrogens with two attached hydrogens (primary N) is 1. The summed E-state index contributed by atoms with van der Waals surface area (Å²) in [5.41, 5.74) is 8.17. The fourth-order valence-corrected chi connectivity index (χ4v) is 3.39. The molecular weight excluding hydrogens is 427 g/mol. The number of nitrogens with one attached hydrogen (secondary N) is 1. The number of rotatable bonds is 7. The van der Waals surface area contributed by atoms with Gasteiger partial charge in [0.1, 0.15) is 4.34 Å². The van der Waals surface area contributed by atoms with Crippen molar-refractivity contribution < 1.29 is 0 Å². The third kappa shape index (κ3) is 6.97. The lowest BCUT2D eigenvalue weighted by atomic mass is 10.1. The molecule has 0 radical (unpaired) electrons. The van der Waals surface area contributed by atoms with Crippen LogP contribution in [0.3, 0.4) is 0 Å². The van der Waals surface area contributed by atoms with Crippen molar-refractivity contribution >= 4 is 58.7 Å². The van der Waals surface area contributed by atoms with Gasteiger partial charge in [-0.3, -0.25) is 4.99 Å². The van der Waals surface area contributed by atoms with Crippen molar-refractivity contribution in [3.8, 4) is 0 Å². The average molecular weight is 448 g/mol. The van der Waals surface area contributed by atoms with E-state index >= 15 is 0 Å². The first-order valence-electron chi connectivity index (χ1n) is 6.96. The summed E-state index contributed by atoms with van der Waals surface area (Å²) >= 11 is 3.44. The molecule has 1 aromatic carbocycles. The molecule has 4 nitrogen and oxygen atoms in total. The van der Waals surface area contributed by atoms with Crippen molar-refractivity contribution in [2.45, 2.75) is 24.1 Å². The Bertz CT molecular complexity index is 573. The molecule has 0 amide bonds. The number of hydrogen-bond acceptors (Lipinski definition) is 4. The SMILES string of the molecule is CCc1cccc(NC(N)=NCCCSc2nccs2)c1.I. The molecule has 3 N–H and O–H groups in total. The highest BCUT2D eigenvalue weighted by Gasteiger charge is 1.98. The minimum absolute atomic E-state index is 0. The van der Waals surface area contributed by atoms with Gasteiger partial charge in [-0.15, -0.1) is 35.3 Å². The Labute approximate surface area is 157 Å². The Kier molecular flexibility index (Phi) is 9.49. The number of guanidine groups is 1. The Morgan fingerprint density at radius 2 is 2.32 bits per heavy atom. The van der Waals surface area contributed by atoms with E-state index in [1.165, 1.54) is 5.56 Å². The molecule has 0 aliphatic rings. The molecule has 0 unspecified atom stereocenters. The predicted molar refractivity (Wildman–Crippen MR) is 109 cm³/mol. The number of aryl methyl sites for hydroxylation is 1. The maximum absolute atomic E-state index is 5.90. The molecule has 0 fully saturated rings. The second kappa shape index (κ2) is 10.8. The molecule has 0 saturated carbocycles. The lowest BCUT2D eigenvalue weighted by molar-refractivity contribution is 0.939. The van der Waals surface area contributed by atoms with Gasteiger partial charge in [0.2, 0.25) is 0 Å². The Morgan fingerprint density at radius 3 is 3.05 bits per heavy atom. The van der Waals surface area contributed by atoms with Crippen LogP contribution >= 0.6 is 47.1 Å². The summed E-state index contributed by atoms with van der Waals surface area (Å²) in [5.74, 6) is 1.48. The summed E-state index contributed by atoms with van der Waals surface area (Å²) in [6.45, 7) is 2.86. The van der Waals surface area contributed by atoms with Gasteiger partial charge in [0.05, 0.1) is 0 Å². The van der Waals surface area contributed by atoms with Crippen molar-refractivity contribution in [2.24, 2.45) is 10.7 Å². The maximum Gasteiger partial charge on any atom is 0.193 e. The molecule has 2 aromatic rings. The zero-order chi connectivity index (χ0) is 14.9. The molecule has 1 aromatic heterocycles. The fourth-order valence-electron chi connectivity index (χ4n) is 1.76. The minimum atomic E-state index is 0. The first-order chi connectivity index (χ1) is 10.3. The third-order valence-electron chi connectivity index (χ3n) is 2.83. The second-order valence-electron chi connectivity index (χ2n) is 4.45. The highest BCUT2D eigenvalue weighted by atomic mass is 127. The Morgan fingerprint density at radius 1 is 1.45 bits per heavy atom. The molecular formula is C15H21IN4S2.